The molecule has 0 spiro atoms. The van der Waals surface area contributed by atoms with Gasteiger partial charge in [0, 0.05) is 17.6 Å². The van der Waals surface area contributed by atoms with Crippen molar-refractivity contribution in [2.75, 3.05) is 13.1 Å². The number of nitrogens with one attached hydrogen (secondary N) is 2. The first kappa shape index (κ1) is 20.7. The number of hydrogen-bond donors (Lipinski definition) is 2. The molecule has 1 fully saturated rings. The Morgan fingerprint density at radius 2 is 2.04 bits per heavy atom. The van der Waals surface area contributed by atoms with Crippen molar-refractivity contribution in [1.29, 1.82) is 0 Å². The molecule has 0 bridgehead atoms. The van der Waals surface area contributed by atoms with E-state index in [2.05, 4.69) is 36.5 Å². The van der Waals surface area contributed by atoms with Crippen LogP contribution in [0.15, 0.2) is 30.5 Å². The molecule has 0 saturated carbocycles. The molecule has 1 aliphatic heterocycles. The van der Waals surface area contributed by atoms with Crippen molar-refractivity contribution in [2.24, 2.45) is 5.92 Å². The summed E-state index contributed by atoms with van der Waals surface area (Å²) in [5, 5.41) is 11.7. The molecule has 3 rings (SSSR count). The maximum absolute atomic E-state index is 12.9. The second kappa shape index (κ2) is 8.89. The van der Waals surface area contributed by atoms with Crippen molar-refractivity contribution < 1.29 is 4.79 Å². The summed E-state index contributed by atoms with van der Waals surface area (Å²) >= 11 is 5.98. The van der Waals surface area contributed by atoms with Crippen LogP contribution in [0.4, 0.5) is 0 Å². The lowest BCUT2D eigenvalue weighted by atomic mass is 9.94. The number of aromatic nitrogens is 2. The number of benzene rings is 1. The lowest BCUT2D eigenvalue weighted by Crippen LogP contribution is -2.50. The molecule has 26 heavy (non-hydrogen) atoms. The molecular weight excluding hydrogens is 371 g/mol. The summed E-state index contributed by atoms with van der Waals surface area (Å²) in [5.74, 6) is 0.587. The molecule has 1 saturated heterocycles. The Morgan fingerprint density at radius 1 is 1.35 bits per heavy atom. The van der Waals surface area contributed by atoms with Crippen LogP contribution in [0.25, 0.3) is 5.69 Å². The molecule has 2 atom stereocenters. The molecular formula is C19H26Cl2N4O. The Kier molecular flexibility index (Phi) is 7.09. The summed E-state index contributed by atoms with van der Waals surface area (Å²) in [7, 11) is 0. The van der Waals surface area contributed by atoms with Gasteiger partial charge in [0.2, 0.25) is 0 Å². The van der Waals surface area contributed by atoms with Gasteiger partial charge in [-0.05, 0) is 49.1 Å². The van der Waals surface area contributed by atoms with Crippen LogP contribution >= 0.6 is 24.0 Å². The molecule has 1 aromatic heterocycles. The fourth-order valence-corrected chi connectivity index (χ4v) is 3.43. The van der Waals surface area contributed by atoms with Crippen molar-refractivity contribution in [2.45, 2.75) is 39.2 Å². The molecule has 2 aromatic rings. The molecule has 142 valence electrons. The second-order valence-corrected chi connectivity index (χ2v) is 7.47. The fourth-order valence-electron chi connectivity index (χ4n) is 3.31. The summed E-state index contributed by atoms with van der Waals surface area (Å²) < 4.78 is 1.83. The number of amides is 1. The molecule has 1 aliphatic rings. The highest BCUT2D eigenvalue weighted by Gasteiger charge is 2.26. The van der Waals surface area contributed by atoms with E-state index in [9.17, 15) is 4.79 Å². The Morgan fingerprint density at radius 3 is 2.65 bits per heavy atom. The van der Waals surface area contributed by atoms with Crippen LogP contribution in [0, 0.1) is 5.92 Å². The zero-order valence-electron chi connectivity index (χ0n) is 15.3. The predicted octanol–water partition coefficient (Wildman–Crippen LogP) is 3.80. The van der Waals surface area contributed by atoms with E-state index in [-0.39, 0.29) is 30.3 Å². The molecule has 7 heteroatoms. The van der Waals surface area contributed by atoms with Gasteiger partial charge in [-0.25, -0.2) is 4.68 Å². The zero-order chi connectivity index (χ0) is 18.0. The number of rotatable bonds is 4. The summed E-state index contributed by atoms with van der Waals surface area (Å²) in [4.78, 5) is 12.9. The van der Waals surface area contributed by atoms with E-state index in [1.165, 1.54) is 0 Å². The largest absolute Gasteiger partial charge is 0.348 e. The van der Waals surface area contributed by atoms with Gasteiger partial charge in [0.15, 0.2) is 0 Å². The second-order valence-electron chi connectivity index (χ2n) is 7.04. The maximum atomic E-state index is 12.9. The molecule has 2 unspecified atom stereocenters. The van der Waals surface area contributed by atoms with Crippen LogP contribution < -0.4 is 10.6 Å². The highest BCUT2D eigenvalue weighted by molar-refractivity contribution is 6.30. The average molecular weight is 397 g/mol. The highest BCUT2D eigenvalue weighted by atomic mass is 35.5. The first-order valence-electron chi connectivity index (χ1n) is 8.82. The third-order valence-corrected chi connectivity index (χ3v) is 5.07. The van der Waals surface area contributed by atoms with Crippen molar-refractivity contribution in [3.8, 4) is 5.69 Å². The highest BCUT2D eigenvalue weighted by Crippen LogP contribution is 2.24. The third kappa shape index (κ3) is 4.40. The smallest absolute Gasteiger partial charge is 0.255 e. The number of piperidine rings is 1. The van der Waals surface area contributed by atoms with Gasteiger partial charge < -0.3 is 10.6 Å². The number of halogens is 2. The summed E-state index contributed by atoms with van der Waals surface area (Å²) in [6.45, 7) is 8.16. The van der Waals surface area contributed by atoms with Gasteiger partial charge in [0.1, 0.15) is 0 Å². The van der Waals surface area contributed by atoms with Crippen LogP contribution in [-0.4, -0.2) is 34.8 Å². The molecule has 1 amide bonds. The van der Waals surface area contributed by atoms with Gasteiger partial charge in [0.05, 0.1) is 23.1 Å². The van der Waals surface area contributed by atoms with Crippen molar-refractivity contribution in [1.82, 2.24) is 20.4 Å². The predicted molar refractivity (Wildman–Crippen MR) is 108 cm³/mol. The topological polar surface area (TPSA) is 59.0 Å². The van der Waals surface area contributed by atoms with Gasteiger partial charge >= 0.3 is 0 Å². The number of hydrogen-bond acceptors (Lipinski definition) is 3. The maximum Gasteiger partial charge on any atom is 0.255 e. The first-order chi connectivity index (χ1) is 12.0. The van der Waals surface area contributed by atoms with Crippen molar-refractivity contribution in [3.63, 3.8) is 0 Å². The minimum atomic E-state index is -0.0514. The quantitative estimate of drug-likeness (QED) is 0.825. The fraction of sp³-hybridized carbons (Fsp3) is 0.474. The van der Waals surface area contributed by atoms with Gasteiger partial charge in [-0.1, -0.05) is 32.4 Å². The Bertz CT molecular complexity index is 742. The molecule has 5 nitrogen and oxygen atoms in total. The van der Waals surface area contributed by atoms with Crippen LogP contribution in [-0.2, 0) is 0 Å². The summed E-state index contributed by atoms with van der Waals surface area (Å²) in [5.41, 5.74) is 2.46. The molecule has 1 aromatic carbocycles. The SMILES string of the molecule is CC(C)c1c(C(=O)NC2CNCCC2C)cnn1-c1ccc(Cl)cc1.Cl. The first-order valence-corrected chi connectivity index (χ1v) is 9.20. The van der Waals surface area contributed by atoms with E-state index in [0.29, 0.717) is 16.5 Å². The zero-order valence-corrected chi connectivity index (χ0v) is 16.9. The van der Waals surface area contributed by atoms with Crippen LogP contribution in [0.1, 0.15) is 49.2 Å². The molecule has 0 aliphatic carbocycles. The van der Waals surface area contributed by atoms with Gasteiger partial charge in [-0.3, -0.25) is 4.79 Å². The number of carbonyl (C=O) groups is 1. The minimum absolute atomic E-state index is 0. The Hall–Kier alpha value is -1.56. The minimum Gasteiger partial charge on any atom is -0.348 e. The van der Waals surface area contributed by atoms with E-state index in [0.717, 1.165) is 30.9 Å². The van der Waals surface area contributed by atoms with E-state index in [1.807, 2.05) is 28.9 Å². The standard InChI is InChI=1S/C19H25ClN4O.ClH/c1-12(2)18-16(19(25)23-17-11-21-9-8-13(17)3)10-22-24(18)15-6-4-14(20)5-7-15;/h4-7,10,12-13,17,21H,8-9,11H2,1-3H3,(H,23,25);1H. The molecule has 0 radical (unpaired) electrons. The van der Waals surface area contributed by atoms with Crippen molar-refractivity contribution in [3.05, 3.63) is 46.7 Å². The summed E-state index contributed by atoms with van der Waals surface area (Å²) in [6, 6.07) is 7.64. The van der Waals surface area contributed by atoms with E-state index in [4.69, 9.17) is 11.6 Å². The van der Waals surface area contributed by atoms with E-state index < -0.39 is 0 Å². The van der Waals surface area contributed by atoms with Crippen LogP contribution in [0.5, 0.6) is 0 Å². The number of carbonyl (C=O) groups excluding carboxylic acids is 1. The lowest BCUT2D eigenvalue weighted by molar-refractivity contribution is 0.0914. The number of nitrogens with zero attached hydrogens (tertiary/aromatic N) is 2. The van der Waals surface area contributed by atoms with Gasteiger partial charge in [-0.15, -0.1) is 12.4 Å². The van der Waals surface area contributed by atoms with E-state index in [1.54, 1.807) is 6.20 Å². The monoisotopic (exact) mass is 396 g/mol. The van der Waals surface area contributed by atoms with Crippen molar-refractivity contribution >= 4 is 29.9 Å². The Labute approximate surface area is 165 Å². The molecule has 2 heterocycles. The van der Waals surface area contributed by atoms with Crippen LogP contribution in [0.2, 0.25) is 5.02 Å². The normalized spacial score (nSPS) is 19.9. The molecule has 2 N–H and O–H groups in total. The average Bonchev–Trinajstić information content (AvgIpc) is 3.03. The van der Waals surface area contributed by atoms with Crippen LogP contribution in [0.3, 0.4) is 0 Å². The lowest BCUT2D eigenvalue weighted by Gasteiger charge is -2.30. The van der Waals surface area contributed by atoms with Gasteiger partial charge in [-0.2, -0.15) is 5.10 Å². The van der Waals surface area contributed by atoms with Gasteiger partial charge in [0.25, 0.3) is 5.91 Å². The Balaban J connectivity index is 0.00000243. The summed E-state index contributed by atoms with van der Waals surface area (Å²) in [6.07, 6.45) is 2.74. The van der Waals surface area contributed by atoms with E-state index >= 15 is 0 Å². The third-order valence-electron chi connectivity index (χ3n) is 4.81.